The summed E-state index contributed by atoms with van der Waals surface area (Å²) < 4.78 is 35.4. The summed E-state index contributed by atoms with van der Waals surface area (Å²) in [5.74, 6) is -2.29. The van der Waals surface area contributed by atoms with Crippen molar-refractivity contribution in [1.82, 2.24) is 0 Å². The minimum atomic E-state index is -1.05. The first-order valence-corrected chi connectivity index (χ1v) is 10.9. The van der Waals surface area contributed by atoms with Gasteiger partial charge in [0.05, 0.1) is 40.9 Å². The number of anilines is 1. The smallest absolute Gasteiger partial charge is 0.338 e. The first kappa shape index (κ1) is 28.1. The fourth-order valence-corrected chi connectivity index (χ4v) is 2.99. The van der Waals surface area contributed by atoms with Crippen molar-refractivity contribution in [3.05, 3.63) is 73.6 Å². The van der Waals surface area contributed by atoms with E-state index in [1.54, 1.807) is 13.8 Å². The molecule has 3 rings (SSSR count). The highest BCUT2D eigenvalue weighted by atomic mass is 19.1. The maximum Gasteiger partial charge on any atom is 0.338 e. The number of nitrogens with zero attached hydrogens (tertiary/aromatic N) is 2. The van der Waals surface area contributed by atoms with E-state index in [1.807, 2.05) is 0 Å². The summed E-state index contributed by atoms with van der Waals surface area (Å²) in [6, 6.07) is 6.86. The molecule has 0 aromatic heterocycles. The normalized spacial score (nSPS) is 13.0. The van der Waals surface area contributed by atoms with E-state index in [9.17, 15) is 38.6 Å². The Hall–Kier alpha value is -4.16. The van der Waals surface area contributed by atoms with Gasteiger partial charge in [0.1, 0.15) is 5.69 Å². The SMILES string of the molecule is CCOC(=O)c1ccc([N+](=O)[O-])c(F)c1.CCOC(=O)c1ccc([N+](=O)[O-])c(NCC2(CF)CC2)c1. The molecule has 0 amide bonds. The molecule has 0 saturated heterocycles. The molecule has 0 heterocycles. The lowest BCUT2D eigenvalue weighted by molar-refractivity contribution is -0.387. The summed E-state index contributed by atoms with van der Waals surface area (Å²) in [4.78, 5) is 42.7. The van der Waals surface area contributed by atoms with Crippen LogP contribution < -0.4 is 5.32 Å². The molecule has 0 bridgehead atoms. The number of carbonyl (C=O) groups excluding carboxylic acids is 2. The van der Waals surface area contributed by atoms with Crippen LogP contribution >= 0.6 is 0 Å². The number of nitro benzene ring substituents is 2. The molecule has 1 aliphatic rings. The van der Waals surface area contributed by atoms with E-state index in [-0.39, 0.29) is 35.7 Å². The highest BCUT2D eigenvalue weighted by Crippen LogP contribution is 2.46. The molecular weight excluding hydrogens is 484 g/mol. The molecule has 0 spiro atoms. The molecule has 194 valence electrons. The van der Waals surface area contributed by atoms with Gasteiger partial charge < -0.3 is 14.8 Å². The van der Waals surface area contributed by atoms with Crippen LogP contribution in [0.1, 0.15) is 47.4 Å². The molecule has 0 atom stereocenters. The van der Waals surface area contributed by atoms with Crippen LogP contribution in [0.4, 0.5) is 25.8 Å². The minimum Gasteiger partial charge on any atom is -0.462 e. The monoisotopic (exact) mass is 509 g/mol. The van der Waals surface area contributed by atoms with Crippen LogP contribution in [0.15, 0.2) is 36.4 Å². The van der Waals surface area contributed by atoms with E-state index in [0.717, 1.165) is 31.0 Å². The molecule has 2 aromatic rings. The lowest BCUT2D eigenvalue weighted by atomic mass is 10.1. The summed E-state index contributed by atoms with van der Waals surface area (Å²) in [6.45, 7) is 3.54. The van der Waals surface area contributed by atoms with Crippen LogP contribution in [0.25, 0.3) is 0 Å². The number of esters is 2. The van der Waals surface area contributed by atoms with Gasteiger partial charge in [0.15, 0.2) is 0 Å². The number of nitro groups is 2. The fourth-order valence-electron chi connectivity index (χ4n) is 2.99. The quantitative estimate of drug-likeness (QED) is 0.269. The summed E-state index contributed by atoms with van der Waals surface area (Å²) in [5, 5.41) is 24.2. The summed E-state index contributed by atoms with van der Waals surface area (Å²) in [7, 11) is 0. The van der Waals surface area contributed by atoms with E-state index in [2.05, 4.69) is 10.1 Å². The van der Waals surface area contributed by atoms with Crippen molar-refractivity contribution in [2.75, 3.05) is 31.7 Å². The van der Waals surface area contributed by atoms with Gasteiger partial charge in [-0.2, -0.15) is 4.39 Å². The Morgan fingerprint density at radius 2 is 1.44 bits per heavy atom. The van der Waals surface area contributed by atoms with Gasteiger partial charge in [0.25, 0.3) is 5.69 Å². The maximum atomic E-state index is 13.1. The van der Waals surface area contributed by atoms with Gasteiger partial charge >= 0.3 is 17.6 Å². The molecule has 1 N–H and O–H groups in total. The van der Waals surface area contributed by atoms with E-state index in [1.165, 1.54) is 18.2 Å². The van der Waals surface area contributed by atoms with Crippen molar-refractivity contribution in [1.29, 1.82) is 0 Å². The second-order valence-corrected chi connectivity index (χ2v) is 7.84. The first-order valence-electron chi connectivity index (χ1n) is 10.9. The van der Waals surface area contributed by atoms with E-state index in [0.29, 0.717) is 6.54 Å². The van der Waals surface area contributed by atoms with Gasteiger partial charge in [0, 0.05) is 24.1 Å². The van der Waals surface area contributed by atoms with Crippen LogP contribution in [0, 0.1) is 31.5 Å². The molecule has 2 aromatic carbocycles. The molecule has 36 heavy (non-hydrogen) atoms. The fraction of sp³-hybridized carbons (Fsp3) is 0.391. The zero-order valence-corrected chi connectivity index (χ0v) is 19.6. The lowest BCUT2D eigenvalue weighted by Crippen LogP contribution is -2.18. The Morgan fingerprint density at radius 3 is 1.86 bits per heavy atom. The first-order chi connectivity index (χ1) is 17.1. The predicted octanol–water partition coefficient (Wildman–Crippen LogP) is 4.84. The number of halogens is 2. The third-order valence-corrected chi connectivity index (χ3v) is 5.25. The van der Waals surface area contributed by atoms with Gasteiger partial charge in [-0.3, -0.25) is 24.6 Å². The molecule has 0 aliphatic heterocycles. The van der Waals surface area contributed by atoms with Crippen molar-refractivity contribution in [3.63, 3.8) is 0 Å². The number of rotatable bonds is 10. The summed E-state index contributed by atoms with van der Waals surface area (Å²) in [6.07, 6.45) is 1.53. The average molecular weight is 509 g/mol. The van der Waals surface area contributed by atoms with Crippen LogP contribution in [0.5, 0.6) is 0 Å². The topological polar surface area (TPSA) is 151 Å². The molecule has 1 aliphatic carbocycles. The second kappa shape index (κ2) is 12.5. The molecule has 13 heteroatoms. The summed E-state index contributed by atoms with van der Waals surface area (Å²) in [5.41, 5.74) is -0.811. The molecule has 11 nitrogen and oxygen atoms in total. The van der Waals surface area contributed by atoms with E-state index < -0.39 is 45.4 Å². The number of nitrogens with one attached hydrogen (secondary N) is 1. The third kappa shape index (κ3) is 7.42. The number of hydrogen-bond donors (Lipinski definition) is 1. The van der Waals surface area contributed by atoms with Crippen molar-refractivity contribution in [2.45, 2.75) is 26.7 Å². The number of carbonyl (C=O) groups is 2. The zero-order chi connectivity index (χ0) is 26.9. The molecule has 1 fully saturated rings. The van der Waals surface area contributed by atoms with Crippen LogP contribution in [-0.4, -0.2) is 48.2 Å². The van der Waals surface area contributed by atoms with Gasteiger partial charge in [-0.25, -0.2) is 9.59 Å². The third-order valence-electron chi connectivity index (χ3n) is 5.25. The standard InChI is InChI=1S/C14H17FN2O4.C9H8FNO4/c1-2-21-13(18)10-3-4-12(17(19)20)11(7-10)16-9-14(8-15)5-6-14;1-2-15-9(12)6-3-4-8(11(13)14)7(10)5-6/h3-4,7,16H,2,5-6,8-9H2,1H3;3-5H,2H2,1H3. The number of benzene rings is 2. The van der Waals surface area contributed by atoms with Crippen molar-refractivity contribution in [3.8, 4) is 0 Å². The number of alkyl halides is 1. The van der Waals surface area contributed by atoms with Crippen molar-refractivity contribution >= 4 is 29.0 Å². The molecular formula is C23H25F2N3O8. The highest BCUT2D eigenvalue weighted by Gasteiger charge is 2.42. The van der Waals surface area contributed by atoms with Crippen molar-refractivity contribution in [2.24, 2.45) is 5.41 Å². The Balaban J connectivity index is 0.000000269. The Bertz CT molecular complexity index is 1140. The van der Waals surface area contributed by atoms with Crippen LogP contribution in [0.3, 0.4) is 0 Å². The van der Waals surface area contributed by atoms with E-state index >= 15 is 0 Å². The predicted molar refractivity (Wildman–Crippen MR) is 124 cm³/mol. The second-order valence-electron chi connectivity index (χ2n) is 7.84. The van der Waals surface area contributed by atoms with Gasteiger partial charge in [0.2, 0.25) is 5.82 Å². The molecule has 0 radical (unpaired) electrons. The largest absolute Gasteiger partial charge is 0.462 e. The van der Waals surface area contributed by atoms with E-state index in [4.69, 9.17) is 4.74 Å². The average Bonchev–Trinajstić information content (AvgIpc) is 3.63. The lowest BCUT2D eigenvalue weighted by Gasteiger charge is -2.13. The Labute approximate surface area is 204 Å². The van der Waals surface area contributed by atoms with Crippen LogP contribution in [-0.2, 0) is 9.47 Å². The van der Waals surface area contributed by atoms with Crippen LogP contribution in [0.2, 0.25) is 0 Å². The number of hydrogen-bond acceptors (Lipinski definition) is 9. The number of ether oxygens (including phenoxy) is 2. The van der Waals surface area contributed by atoms with Gasteiger partial charge in [-0.05, 0) is 51.0 Å². The zero-order valence-electron chi connectivity index (χ0n) is 19.6. The van der Waals surface area contributed by atoms with Gasteiger partial charge in [-0.15, -0.1) is 0 Å². The van der Waals surface area contributed by atoms with Crippen molar-refractivity contribution < 1.29 is 37.7 Å². The highest BCUT2D eigenvalue weighted by molar-refractivity contribution is 5.91. The molecule has 1 saturated carbocycles. The maximum absolute atomic E-state index is 13.1. The minimum absolute atomic E-state index is 0.0417. The Kier molecular flexibility index (Phi) is 9.76. The van der Waals surface area contributed by atoms with Gasteiger partial charge in [-0.1, -0.05) is 0 Å². The molecule has 0 unspecified atom stereocenters. The summed E-state index contributed by atoms with van der Waals surface area (Å²) >= 11 is 0. The Morgan fingerprint density at radius 1 is 0.944 bits per heavy atom.